The lowest BCUT2D eigenvalue weighted by Gasteiger charge is -2.22. The zero-order valence-corrected chi connectivity index (χ0v) is 8.26. The molecule has 0 rings (SSSR count). The smallest absolute Gasteiger partial charge is 0.431 e. The van der Waals surface area contributed by atoms with Crippen molar-refractivity contribution in [1.82, 2.24) is 5.06 Å². The average molecular weight is 203 g/mol. The SMILES string of the molecule is C=CCC(CO)CC(C)N(O)C(=O)O. The van der Waals surface area contributed by atoms with Crippen molar-refractivity contribution >= 4 is 6.09 Å². The zero-order valence-electron chi connectivity index (χ0n) is 8.26. The van der Waals surface area contributed by atoms with E-state index in [4.69, 9.17) is 15.4 Å². The normalized spacial score (nSPS) is 14.5. The summed E-state index contributed by atoms with van der Waals surface area (Å²) in [6.07, 6.45) is 1.29. The number of hydroxylamine groups is 2. The zero-order chi connectivity index (χ0) is 11.1. The minimum Gasteiger partial charge on any atom is -0.463 e. The maximum Gasteiger partial charge on any atom is 0.431 e. The molecule has 0 aliphatic rings. The van der Waals surface area contributed by atoms with E-state index in [1.165, 1.54) is 0 Å². The summed E-state index contributed by atoms with van der Waals surface area (Å²) in [4.78, 5) is 10.4. The summed E-state index contributed by atoms with van der Waals surface area (Å²) >= 11 is 0. The van der Waals surface area contributed by atoms with Gasteiger partial charge in [0.25, 0.3) is 0 Å². The van der Waals surface area contributed by atoms with Gasteiger partial charge in [-0.25, -0.2) is 4.79 Å². The molecule has 0 heterocycles. The highest BCUT2D eigenvalue weighted by Gasteiger charge is 2.20. The van der Waals surface area contributed by atoms with Gasteiger partial charge in [-0.05, 0) is 25.7 Å². The van der Waals surface area contributed by atoms with Gasteiger partial charge >= 0.3 is 6.09 Å². The van der Waals surface area contributed by atoms with Gasteiger partial charge in [-0.3, -0.25) is 5.21 Å². The fraction of sp³-hybridized carbons (Fsp3) is 0.667. The van der Waals surface area contributed by atoms with Gasteiger partial charge in [-0.2, -0.15) is 5.06 Å². The summed E-state index contributed by atoms with van der Waals surface area (Å²) in [7, 11) is 0. The van der Waals surface area contributed by atoms with Crippen molar-refractivity contribution in [3.8, 4) is 0 Å². The molecule has 1 amide bonds. The van der Waals surface area contributed by atoms with Crippen molar-refractivity contribution < 1.29 is 20.2 Å². The van der Waals surface area contributed by atoms with Gasteiger partial charge in [0.05, 0.1) is 6.04 Å². The molecule has 0 spiro atoms. The first kappa shape index (κ1) is 12.9. The summed E-state index contributed by atoms with van der Waals surface area (Å²) in [5, 5.41) is 26.7. The van der Waals surface area contributed by atoms with E-state index in [1.807, 2.05) is 0 Å². The van der Waals surface area contributed by atoms with Crippen molar-refractivity contribution in [3.63, 3.8) is 0 Å². The van der Waals surface area contributed by atoms with Crippen LogP contribution in [0.2, 0.25) is 0 Å². The first-order chi connectivity index (χ1) is 6.52. The third kappa shape index (κ3) is 4.25. The maximum absolute atomic E-state index is 10.4. The van der Waals surface area contributed by atoms with Crippen LogP contribution in [-0.4, -0.2) is 39.2 Å². The minimum atomic E-state index is -1.38. The first-order valence-electron chi connectivity index (χ1n) is 4.45. The molecule has 0 aromatic rings. The van der Waals surface area contributed by atoms with E-state index in [9.17, 15) is 4.79 Å². The van der Waals surface area contributed by atoms with Crippen LogP contribution in [0.25, 0.3) is 0 Å². The molecule has 5 nitrogen and oxygen atoms in total. The lowest BCUT2D eigenvalue weighted by molar-refractivity contribution is -0.0972. The largest absolute Gasteiger partial charge is 0.463 e. The second kappa shape index (κ2) is 6.39. The molecule has 0 radical (unpaired) electrons. The molecule has 14 heavy (non-hydrogen) atoms. The number of hydrogen-bond donors (Lipinski definition) is 3. The molecule has 82 valence electrons. The highest BCUT2D eigenvalue weighted by molar-refractivity contribution is 5.63. The van der Waals surface area contributed by atoms with Crippen molar-refractivity contribution in [1.29, 1.82) is 0 Å². The lowest BCUT2D eigenvalue weighted by Crippen LogP contribution is -2.36. The number of aliphatic hydroxyl groups is 1. The van der Waals surface area contributed by atoms with Gasteiger partial charge in [0.1, 0.15) is 0 Å². The molecular weight excluding hydrogens is 186 g/mol. The van der Waals surface area contributed by atoms with Gasteiger partial charge in [0, 0.05) is 6.61 Å². The Labute approximate surface area is 83.2 Å². The van der Waals surface area contributed by atoms with Gasteiger partial charge in [0.15, 0.2) is 0 Å². The molecule has 2 unspecified atom stereocenters. The number of rotatable bonds is 6. The summed E-state index contributed by atoms with van der Waals surface area (Å²) in [5.41, 5.74) is 0. The van der Waals surface area contributed by atoms with Crippen molar-refractivity contribution in [2.24, 2.45) is 5.92 Å². The molecule has 0 aromatic heterocycles. The van der Waals surface area contributed by atoms with E-state index in [-0.39, 0.29) is 17.6 Å². The topological polar surface area (TPSA) is 81.0 Å². The van der Waals surface area contributed by atoms with Crippen molar-refractivity contribution in [2.45, 2.75) is 25.8 Å². The minimum absolute atomic E-state index is 0.0379. The summed E-state index contributed by atoms with van der Waals surface area (Å²) < 4.78 is 0. The Morgan fingerprint density at radius 1 is 1.64 bits per heavy atom. The molecule has 0 saturated heterocycles. The molecular formula is C9H17NO4. The van der Waals surface area contributed by atoms with Crippen LogP contribution in [0.15, 0.2) is 12.7 Å². The third-order valence-corrected chi connectivity index (χ3v) is 2.05. The monoisotopic (exact) mass is 203 g/mol. The second-order valence-corrected chi connectivity index (χ2v) is 3.28. The Hall–Kier alpha value is -1.07. The molecule has 0 aliphatic carbocycles. The Balaban J connectivity index is 4.06. The number of carboxylic acid groups (broad SMARTS) is 1. The van der Waals surface area contributed by atoms with Crippen LogP contribution in [0.3, 0.4) is 0 Å². The highest BCUT2D eigenvalue weighted by atomic mass is 16.6. The predicted octanol–water partition coefficient (Wildman–Crippen LogP) is 1.32. The molecule has 3 N–H and O–H groups in total. The molecule has 5 heteroatoms. The quantitative estimate of drug-likeness (QED) is 0.345. The summed E-state index contributed by atoms with van der Waals surface area (Å²) in [5.74, 6) is -0.0588. The van der Waals surface area contributed by atoms with Gasteiger partial charge in [0.2, 0.25) is 0 Å². The van der Waals surface area contributed by atoms with E-state index < -0.39 is 12.1 Å². The molecule has 0 saturated carbocycles. The van der Waals surface area contributed by atoms with Gasteiger partial charge in [-0.15, -0.1) is 6.58 Å². The maximum atomic E-state index is 10.4. The van der Waals surface area contributed by atoms with Crippen LogP contribution in [-0.2, 0) is 0 Å². The number of allylic oxidation sites excluding steroid dienone is 1. The second-order valence-electron chi connectivity index (χ2n) is 3.28. The standard InChI is InChI=1S/C9H17NO4/c1-3-4-8(6-11)5-7(2)10(14)9(12)13/h3,7-8,11,14H,1,4-6H2,2H3,(H,12,13). The highest BCUT2D eigenvalue weighted by Crippen LogP contribution is 2.14. The van der Waals surface area contributed by atoms with E-state index in [0.717, 1.165) is 0 Å². The summed E-state index contributed by atoms with van der Waals surface area (Å²) in [6.45, 7) is 5.08. The lowest BCUT2D eigenvalue weighted by atomic mass is 9.98. The molecule has 0 bridgehead atoms. The average Bonchev–Trinajstić information content (AvgIpc) is 2.15. The molecule has 0 aromatic carbocycles. The van der Waals surface area contributed by atoms with E-state index in [1.54, 1.807) is 13.0 Å². The number of aliphatic hydroxyl groups excluding tert-OH is 1. The number of amides is 1. The van der Waals surface area contributed by atoms with E-state index >= 15 is 0 Å². The molecule has 0 aliphatic heterocycles. The van der Waals surface area contributed by atoms with E-state index in [0.29, 0.717) is 12.8 Å². The predicted molar refractivity (Wildman–Crippen MR) is 51.1 cm³/mol. The van der Waals surface area contributed by atoms with Crippen LogP contribution >= 0.6 is 0 Å². The molecule has 0 fully saturated rings. The fourth-order valence-electron chi connectivity index (χ4n) is 1.25. The molecule has 2 atom stereocenters. The van der Waals surface area contributed by atoms with Crippen LogP contribution in [0.1, 0.15) is 19.8 Å². The van der Waals surface area contributed by atoms with Gasteiger partial charge in [-0.1, -0.05) is 6.08 Å². The summed E-state index contributed by atoms with van der Waals surface area (Å²) in [6, 6.07) is -0.524. The van der Waals surface area contributed by atoms with Crippen molar-refractivity contribution in [2.75, 3.05) is 6.61 Å². The van der Waals surface area contributed by atoms with E-state index in [2.05, 4.69) is 6.58 Å². The fourth-order valence-corrected chi connectivity index (χ4v) is 1.25. The number of nitrogens with zero attached hydrogens (tertiary/aromatic N) is 1. The number of hydrogen-bond acceptors (Lipinski definition) is 3. The van der Waals surface area contributed by atoms with Crippen LogP contribution in [0.4, 0.5) is 4.79 Å². The van der Waals surface area contributed by atoms with Crippen LogP contribution in [0.5, 0.6) is 0 Å². The Morgan fingerprint density at radius 2 is 2.21 bits per heavy atom. The number of carbonyl (C=O) groups is 1. The Morgan fingerprint density at radius 3 is 2.57 bits per heavy atom. The van der Waals surface area contributed by atoms with Crippen molar-refractivity contribution in [3.05, 3.63) is 12.7 Å². The third-order valence-electron chi connectivity index (χ3n) is 2.05. The van der Waals surface area contributed by atoms with Crippen LogP contribution in [0, 0.1) is 5.92 Å². The Kier molecular flexibility index (Phi) is 5.91. The first-order valence-corrected chi connectivity index (χ1v) is 4.45. The van der Waals surface area contributed by atoms with Gasteiger partial charge < -0.3 is 10.2 Å². The van der Waals surface area contributed by atoms with Crippen LogP contribution < -0.4 is 0 Å². The Bertz CT molecular complexity index is 195.